The smallest absolute Gasteiger partial charge is 0.264 e. The highest BCUT2D eigenvalue weighted by Gasteiger charge is 2.36. The number of hydrogen-bond donors (Lipinski definition) is 1. The Balaban J connectivity index is 1.82. The number of amides is 2. The van der Waals surface area contributed by atoms with Crippen LogP contribution in [-0.4, -0.2) is 50.4 Å². The third-order valence-corrected chi connectivity index (χ3v) is 8.90. The molecule has 0 spiro atoms. The number of sulfonamides is 1. The number of hydrogen-bond acceptors (Lipinski definition) is 5. The Bertz CT molecular complexity index is 1740. The Hall–Kier alpha value is -4.77. The van der Waals surface area contributed by atoms with Crippen molar-refractivity contribution in [3.8, 4) is 5.75 Å². The largest absolute Gasteiger partial charge is 0.497 e. The minimum atomic E-state index is -4.40. The maximum atomic E-state index is 15.0. The maximum absolute atomic E-state index is 15.0. The number of carbonyl (C=O) groups is 2. The van der Waals surface area contributed by atoms with E-state index in [0.29, 0.717) is 5.75 Å². The van der Waals surface area contributed by atoms with E-state index in [-0.39, 0.29) is 29.1 Å². The highest BCUT2D eigenvalue weighted by molar-refractivity contribution is 7.92. The number of nitrogens with one attached hydrogen (secondary N) is 1. The summed E-state index contributed by atoms with van der Waals surface area (Å²) in [6.07, 6.45) is 0.0741. The van der Waals surface area contributed by atoms with Gasteiger partial charge < -0.3 is 15.0 Å². The van der Waals surface area contributed by atoms with Crippen LogP contribution in [0.4, 0.5) is 14.5 Å². The molecule has 0 radical (unpaired) electrons. The summed E-state index contributed by atoms with van der Waals surface area (Å²) < 4.78 is 63.1. The van der Waals surface area contributed by atoms with Crippen LogP contribution in [0.25, 0.3) is 0 Å². The third-order valence-electron chi connectivity index (χ3n) is 7.11. The average molecular weight is 650 g/mol. The number of benzene rings is 4. The van der Waals surface area contributed by atoms with Gasteiger partial charge in [0.1, 0.15) is 30.0 Å². The molecule has 0 aliphatic heterocycles. The van der Waals surface area contributed by atoms with Gasteiger partial charge in [0.15, 0.2) is 0 Å². The Morgan fingerprint density at radius 3 is 2.04 bits per heavy atom. The summed E-state index contributed by atoms with van der Waals surface area (Å²) in [7, 11) is -2.96. The zero-order chi connectivity index (χ0) is 33.5. The van der Waals surface area contributed by atoms with Crippen molar-refractivity contribution >= 4 is 27.5 Å². The molecule has 242 valence electrons. The monoisotopic (exact) mass is 649 g/mol. The molecule has 0 heterocycles. The first kappa shape index (κ1) is 34.1. The molecular formula is C35H37F2N3O5S. The fourth-order valence-electron chi connectivity index (χ4n) is 4.83. The number of anilines is 1. The molecule has 0 saturated carbocycles. The first-order chi connectivity index (χ1) is 21.8. The quantitative estimate of drug-likeness (QED) is 0.212. The number of ether oxygens (including phenoxy) is 1. The Kier molecular flexibility index (Phi) is 10.8. The van der Waals surface area contributed by atoms with Crippen molar-refractivity contribution < 1.29 is 31.5 Å². The van der Waals surface area contributed by atoms with E-state index in [2.05, 4.69) is 5.32 Å². The molecule has 1 unspecified atom stereocenters. The first-order valence-corrected chi connectivity index (χ1v) is 16.0. The summed E-state index contributed by atoms with van der Waals surface area (Å²) in [6.45, 7) is 4.31. The Morgan fingerprint density at radius 2 is 1.46 bits per heavy atom. The lowest BCUT2D eigenvalue weighted by molar-refractivity contribution is -0.140. The number of carbonyl (C=O) groups excluding carboxylic acids is 2. The average Bonchev–Trinajstić information content (AvgIpc) is 3.02. The lowest BCUT2D eigenvalue weighted by atomic mass is 10.0. The summed E-state index contributed by atoms with van der Waals surface area (Å²) in [5, 5.41) is 2.92. The summed E-state index contributed by atoms with van der Waals surface area (Å²) in [4.78, 5) is 29.3. The van der Waals surface area contributed by atoms with Gasteiger partial charge in [0.05, 0.1) is 17.7 Å². The van der Waals surface area contributed by atoms with Gasteiger partial charge in [0.25, 0.3) is 10.0 Å². The molecular weight excluding hydrogens is 612 g/mol. The summed E-state index contributed by atoms with van der Waals surface area (Å²) in [5.74, 6) is -2.02. The minimum absolute atomic E-state index is 0.0233. The topological polar surface area (TPSA) is 96.0 Å². The maximum Gasteiger partial charge on any atom is 0.264 e. The molecule has 0 saturated heterocycles. The van der Waals surface area contributed by atoms with Gasteiger partial charge in [-0.15, -0.1) is 0 Å². The Morgan fingerprint density at radius 1 is 0.848 bits per heavy atom. The summed E-state index contributed by atoms with van der Waals surface area (Å²) >= 11 is 0. The second-order valence-electron chi connectivity index (χ2n) is 11.7. The van der Waals surface area contributed by atoms with Crippen LogP contribution in [0.15, 0.2) is 108 Å². The van der Waals surface area contributed by atoms with E-state index in [9.17, 15) is 22.4 Å². The van der Waals surface area contributed by atoms with E-state index in [1.165, 1.54) is 66.6 Å². The van der Waals surface area contributed by atoms with E-state index in [1.54, 1.807) is 39.0 Å². The molecule has 2 amide bonds. The lowest BCUT2D eigenvalue weighted by Gasteiger charge is -2.35. The molecule has 4 rings (SSSR count). The van der Waals surface area contributed by atoms with Crippen LogP contribution in [0, 0.1) is 11.6 Å². The van der Waals surface area contributed by atoms with Crippen molar-refractivity contribution in [3.63, 3.8) is 0 Å². The van der Waals surface area contributed by atoms with Gasteiger partial charge in [-0.1, -0.05) is 48.5 Å². The number of methoxy groups -OCH3 is 1. The second kappa shape index (κ2) is 14.6. The standard InChI is InChI=1S/C35H37F2N3O5S/c1-35(2,3)38-34(42)32(22-25-10-6-5-7-11-25)39(23-26-12-8-9-13-31(26)37)33(41)24-40(28-16-14-27(36)15-17-28)46(43,44)30-20-18-29(45-4)19-21-30/h5-21,32H,22-24H2,1-4H3,(H,38,42). The zero-order valence-electron chi connectivity index (χ0n) is 26.1. The molecule has 0 aromatic heterocycles. The fraction of sp³-hybridized carbons (Fsp3) is 0.257. The van der Waals surface area contributed by atoms with Crippen LogP contribution in [-0.2, 0) is 32.6 Å². The molecule has 0 aliphatic carbocycles. The molecule has 1 atom stereocenters. The molecule has 0 aliphatic rings. The Labute approximate surface area is 268 Å². The molecule has 11 heteroatoms. The van der Waals surface area contributed by atoms with Crippen molar-refractivity contribution in [1.29, 1.82) is 0 Å². The summed E-state index contributed by atoms with van der Waals surface area (Å²) in [5.41, 5.74) is 0.236. The van der Waals surface area contributed by atoms with E-state index in [4.69, 9.17) is 4.74 Å². The summed E-state index contributed by atoms with van der Waals surface area (Å²) in [6, 6.07) is 24.0. The van der Waals surface area contributed by atoms with Gasteiger partial charge >= 0.3 is 0 Å². The minimum Gasteiger partial charge on any atom is -0.497 e. The lowest BCUT2D eigenvalue weighted by Crippen LogP contribution is -2.56. The van der Waals surface area contributed by atoms with Crippen LogP contribution in [0.5, 0.6) is 5.75 Å². The predicted molar refractivity (Wildman–Crippen MR) is 173 cm³/mol. The molecule has 0 fully saturated rings. The van der Waals surface area contributed by atoms with Gasteiger partial charge in [-0.2, -0.15) is 0 Å². The van der Waals surface area contributed by atoms with Gasteiger partial charge in [0.2, 0.25) is 11.8 Å². The van der Waals surface area contributed by atoms with Crippen molar-refractivity contribution in [2.24, 2.45) is 0 Å². The van der Waals surface area contributed by atoms with E-state index < -0.39 is 51.6 Å². The third kappa shape index (κ3) is 8.69. The zero-order valence-corrected chi connectivity index (χ0v) is 26.9. The van der Waals surface area contributed by atoms with Gasteiger partial charge in [-0.3, -0.25) is 13.9 Å². The predicted octanol–water partition coefficient (Wildman–Crippen LogP) is 5.72. The van der Waals surface area contributed by atoms with Crippen LogP contribution in [0.3, 0.4) is 0 Å². The van der Waals surface area contributed by atoms with Crippen LogP contribution in [0.2, 0.25) is 0 Å². The second-order valence-corrected chi connectivity index (χ2v) is 13.6. The van der Waals surface area contributed by atoms with Crippen LogP contribution in [0.1, 0.15) is 31.9 Å². The van der Waals surface area contributed by atoms with Gasteiger partial charge in [0, 0.05) is 24.1 Å². The highest BCUT2D eigenvalue weighted by atomic mass is 32.2. The molecule has 1 N–H and O–H groups in total. The molecule has 0 bridgehead atoms. The number of nitrogens with zero attached hydrogens (tertiary/aromatic N) is 2. The first-order valence-electron chi connectivity index (χ1n) is 14.6. The van der Waals surface area contributed by atoms with E-state index in [1.807, 2.05) is 18.2 Å². The van der Waals surface area contributed by atoms with E-state index in [0.717, 1.165) is 22.0 Å². The highest BCUT2D eigenvalue weighted by Crippen LogP contribution is 2.27. The van der Waals surface area contributed by atoms with Crippen LogP contribution < -0.4 is 14.4 Å². The molecule has 4 aromatic carbocycles. The normalized spacial score (nSPS) is 12.2. The number of rotatable bonds is 12. The van der Waals surface area contributed by atoms with Crippen molar-refractivity contribution in [2.75, 3.05) is 18.0 Å². The van der Waals surface area contributed by atoms with Crippen LogP contribution >= 0.6 is 0 Å². The van der Waals surface area contributed by atoms with Gasteiger partial charge in [-0.25, -0.2) is 17.2 Å². The molecule has 4 aromatic rings. The number of halogens is 2. The van der Waals surface area contributed by atoms with Crippen molar-refractivity contribution in [3.05, 3.63) is 126 Å². The SMILES string of the molecule is COc1ccc(S(=O)(=O)N(CC(=O)N(Cc2ccccc2F)C(Cc2ccccc2)C(=O)NC(C)(C)C)c2ccc(F)cc2)cc1. The van der Waals surface area contributed by atoms with E-state index >= 15 is 4.39 Å². The molecule has 46 heavy (non-hydrogen) atoms. The van der Waals surface area contributed by atoms with Crippen molar-refractivity contribution in [2.45, 2.75) is 50.2 Å². The van der Waals surface area contributed by atoms with Crippen molar-refractivity contribution in [1.82, 2.24) is 10.2 Å². The fourth-order valence-corrected chi connectivity index (χ4v) is 6.24. The molecule has 8 nitrogen and oxygen atoms in total. The van der Waals surface area contributed by atoms with Gasteiger partial charge in [-0.05, 0) is 80.9 Å².